The Morgan fingerprint density at radius 3 is 3.08 bits per heavy atom. The Morgan fingerprint density at radius 1 is 1.69 bits per heavy atom. The fourth-order valence-corrected chi connectivity index (χ4v) is 1.60. The number of carbonyl (C=O) groups is 1. The average molecular weight is 181 g/mol. The van der Waals surface area contributed by atoms with E-state index in [0.29, 0.717) is 5.69 Å². The molecule has 5 heteroatoms. The highest BCUT2D eigenvalue weighted by Gasteiger charge is 2.23. The first kappa shape index (κ1) is 8.10. The maximum absolute atomic E-state index is 11.2. The molecule has 1 aliphatic rings. The molecule has 2 N–H and O–H groups in total. The molecule has 0 unspecified atom stereocenters. The lowest BCUT2D eigenvalue weighted by molar-refractivity contribution is 0.0594. The normalized spacial score (nSPS) is 14.2. The highest BCUT2D eigenvalue weighted by Crippen LogP contribution is 2.24. The molecular weight excluding hydrogens is 170 g/mol. The van der Waals surface area contributed by atoms with Gasteiger partial charge in [0.25, 0.3) is 0 Å². The molecule has 0 bridgehead atoms. The van der Waals surface area contributed by atoms with Gasteiger partial charge in [0.2, 0.25) is 0 Å². The summed E-state index contributed by atoms with van der Waals surface area (Å²) in [5, 5.41) is 4.08. The molecule has 13 heavy (non-hydrogen) atoms. The van der Waals surface area contributed by atoms with E-state index in [4.69, 9.17) is 5.73 Å². The molecule has 0 radical (unpaired) electrons. The zero-order valence-corrected chi connectivity index (χ0v) is 7.41. The molecule has 0 saturated carbocycles. The number of aryl methyl sites for hydroxylation is 1. The first-order valence-electron chi connectivity index (χ1n) is 4.17. The van der Waals surface area contributed by atoms with Crippen LogP contribution >= 0.6 is 0 Å². The molecule has 2 rings (SSSR count). The molecule has 0 aliphatic carbocycles. The zero-order valence-electron chi connectivity index (χ0n) is 7.41. The highest BCUT2D eigenvalue weighted by atomic mass is 16.5. The number of hydrogen-bond acceptors (Lipinski definition) is 4. The van der Waals surface area contributed by atoms with Crippen LogP contribution in [-0.4, -0.2) is 22.9 Å². The molecule has 0 amide bonds. The first-order valence-corrected chi connectivity index (χ1v) is 4.17. The van der Waals surface area contributed by atoms with Gasteiger partial charge >= 0.3 is 5.97 Å². The number of anilines is 1. The van der Waals surface area contributed by atoms with E-state index < -0.39 is 5.97 Å². The number of aromatic nitrogens is 2. The molecule has 0 aromatic carbocycles. The van der Waals surface area contributed by atoms with Gasteiger partial charge in [0, 0.05) is 6.54 Å². The van der Waals surface area contributed by atoms with Crippen LogP contribution in [0.25, 0.3) is 0 Å². The fourth-order valence-electron chi connectivity index (χ4n) is 1.60. The predicted molar refractivity (Wildman–Crippen MR) is 46.3 cm³/mol. The first-order chi connectivity index (χ1) is 6.24. The minimum absolute atomic E-state index is 0.247. The van der Waals surface area contributed by atoms with Gasteiger partial charge < -0.3 is 10.5 Å². The van der Waals surface area contributed by atoms with Crippen molar-refractivity contribution in [3.8, 4) is 0 Å². The lowest BCUT2D eigenvalue weighted by Gasteiger charge is -1.95. The summed E-state index contributed by atoms with van der Waals surface area (Å²) in [6, 6.07) is 0. The van der Waals surface area contributed by atoms with Crippen LogP contribution in [0.2, 0.25) is 0 Å². The third-order valence-corrected chi connectivity index (χ3v) is 2.26. The van der Waals surface area contributed by atoms with Crippen molar-refractivity contribution in [2.75, 3.05) is 12.8 Å². The maximum Gasteiger partial charge on any atom is 0.360 e. The van der Waals surface area contributed by atoms with E-state index in [1.165, 1.54) is 7.11 Å². The summed E-state index contributed by atoms with van der Waals surface area (Å²) in [7, 11) is 1.33. The second kappa shape index (κ2) is 2.76. The Morgan fingerprint density at radius 2 is 2.46 bits per heavy atom. The average Bonchev–Trinajstić information content (AvgIpc) is 2.68. The second-order valence-electron chi connectivity index (χ2n) is 3.03. The number of hydrogen-bond donors (Lipinski definition) is 1. The van der Waals surface area contributed by atoms with E-state index in [1.807, 2.05) is 0 Å². The van der Waals surface area contributed by atoms with Crippen molar-refractivity contribution in [1.82, 2.24) is 9.78 Å². The molecule has 1 aromatic heterocycles. The summed E-state index contributed by atoms with van der Waals surface area (Å²) < 4.78 is 6.34. The van der Waals surface area contributed by atoms with Gasteiger partial charge in [-0.05, 0) is 12.8 Å². The smallest absolute Gasteiger partial charge is 0.360 e. The number of rotatable bonds is 1. The van der Waals surface area contributed by atoms with Gasteiger partial charge in [0.15, 0.2) is 5.69 Å². The van der Waals surface area contributed by atoms with E-state index in [1.54, 1.807) is 4.68 Å². The predicted octanol–water partition coefficient (Wildman–Crippen LogP) is 0.198. The monoisotopic (exact) mass is 181 g/mol. The van der Waals surface area contributed by atoms with Crippen LogP contribution in [0, 0.1) is 0 Å². The number of nitrogen functional groups attached to an aromatic ring is 1. The molecule has 5 nitrogen and oxygen atoms in total. The van der Waals surface area contributed by atoms with E-state index in [9.17, 15) is 4.79 Å². The van der Waals surface area contributed by atoms with Crippen LogP contribution in [0.1, 0.15) is 22.6 Å². The highest BCUT2D eigenvalue weighted by molar-refractivity contribution is 5.93. The lowest BCUT2D eigenvalue weighted by Crippen LogP contribution is -2.06. The second-order valence-corrected chi connectivity index (χ2v) is 3.03. The standard InChI is InChI=1S/C8H11N3O2/c1-13-8(12)7-6(9)5-3-2-4-11(5)10-7/h2-4,9H2,1H3. The van der Waals surface area contributed by atoms with Crippen LogP contribution < -0.4 is 5.73 Å². The third kappa shape index (κ3) is 1.07. The molecule has 1 aromatic rings. The van der Waals surface area contributed by atoms with Crippen LogP contribution in [0.5, 0.6) is 0 Å². The van der Waals surface area contributed by atoms with Crippen LogP contribution in [0.3, 0.4) is 0 Å². The van der Waals surface area contributed by atoms with Gasteiger partial charge in [-0.3, -0.25) is 4.68 Å². The van der Waals surface area contributed by atoms with Gasteiger partial charge in [-0.25, -0.2) is 4.79 Å². The van der Waals surface area contributed by atoms with Crippen molar-refractivity contribution in [3.05, 3.63) is 11.4 Å². The summed E-state index contributed by atoms with van der Waals surface area (Å²) in [5.41, 5.74) is 7.43. The van der Waals surface area contributed by atoms with Crippen molar-refractivity contribution in [2.45, 2.75) is 19.4 Å². The molecule has 70 valence electrons. The fraction of sp³-hybridized carbons (Fsp3) is 0.500. The zero-order chi connectivity index (χ0) is 9.42. The minimum atomic E-state index is -0.459. The summed E-state index contributed by atoms with van der Waals surface area (Å²) in [5.74, 6) is -0.459. The van der Waals surface area contributed by atoms with Crippen molar-refractivity contribution in [2.24, 2.45) is 0 Å². The van der Waals surface area contributed by atoms with E-state index in [-0.39, 0.29) is 5.69 Å². The summed E-state index contributed by atoms with van der Waals surface area (Å²) in [6.45, 7) is 0.844. The Bertz CT molecular complexity index is 357. The summed E-state index contributed by atoms with van der Waals surface area (Å²) >= 11 is 0. The lowest BCUT2D eigenvalue weighted by atomic mass is 10.2. The third-order valence-electron chi connectivity index (χ3n) is 2.26. The van der Waals surface area contributed by atoms with Crippen LogP contribution in [0.4, 0.5) is 5.69 Å². The minimum Gasteiger partial charge on any atom is -0.464 e. The topological polar surface area (TPSA) is 70.1 Å². The molecule has 2 heterocycles. The summed E-state index contributed by atoms with van der Waals surface area (Å²) in [6.07, 6.45) is 1.95. The molecular formula is C8H11N3O2. The molecule has 0 spiro atoms. The van der Waals surface area contributed by atoms with Crippen molar-refractivity contribution in [1.29, 1.82) is 0 Å². The van der Waals surface area contributed by atoms with Gasteiger partial charge in [0.05, 0.1) is 18.5 Å². The van der Waals surface area contributed by atoms with E-state index in [2.05, 4.69) is 9.84 Å². The summed E-state index contributed by atoms with van der Waals surface area (Å²) in [4.78, 5) is 11.2. The number of nitrogens with two attached hydrogens (primary N) is 1. The Labute approximate surface area is 75.5 Å². The van der Waals surface area contributed by atoms with Gasteiger partial charge in [-0.2, -0.15) is 5.10 Å². The number of carbonyl (C=O) groups excluding carboxylic acids is 1. The van der Waals surface area contributed by atoms with Gasteiger partial charge in [0.1, 0.15) is 0 Å². The van der Waals surface area contributed by atoms with Crippen molar-refractivity contribution in [3.63, 3.8) is 0 Å². The van der Waals surface area contributed by atoms with Crippen molar-refractivity contribution < 1.29 is 9.53 Å². The SMILES string of the molecule is COC(=O)c1nn2c(c1N)CCC2. The number of methoxy groups -OCH3 is 1. The maximum atomic E-state index is 11.2. The Hall–Kier alpha value is -1.52. The van der Waals surface area contributed by atoms with Crippen LogP contribution in [0.15, 0.2) is 0 Å². The number of esters is 1. The van der Waals surface area contributed by atoms with Gasteiger partial charge in [-0.15, -0.1) is 0 Å². The number of ether oxygens (including phenoxy) is 1. The Balaban J connectivity index is 2.44. The molecule has 0 fully saturated rings. The Kier molecular flexibility index (Phi) is 1.72. The molecule has 0 atom stereocenters. The number of nitrogens with zero attached hydrogens (tertiary/aromatic N) is 2. The largest absolute Gasteiger partial charge is 0.464 e. The molecule has 1 aliphatic heterocycles. The van der Waals surface area contributed by atoms with E-state index in [0.717, 1.165) is 25.1 Å². The number of fused-ring (bicyclic) bond motifs is 1. The van der Waals surface area contributed by atoms with Gasteiger partial charge in [-0.1, -0.05) is 0 Å². The van der Waals surface area contributed by atoms with E-state index >= 15 is 0 Å². The molecule has 0 saturated heterocycles. The quantitative estimate of drug-likeness (QED) is 0.628. The van der Waals surface area contributed by atoms with Crippen LogP contribution in [-0.2, 0) is 17.7 Å². The van der Waals surface area contributed by atoms with Crippen molar-refractivity contribution >= 4 is 11.7 Å².